The molecule has 0 amide bonds. The molecule has 0 aromatic rings. The molecule has 1 radical (unpaired) electrons. The summed E-state index contributed by atoms with van der Waals surface area (Å²) in [4.78, 5) is 0. The van der Waals surface area contributed by atoms with E-state index in [4.69, 9.17) is 0 Å². The first-order valence-corrected chi connectivity index (χ1v) is 4.62. The van der Waals surface area contributed by atoms with Crippen molar-refractivity contribution >= 4 is 0 Å². The molecule has 0 N–H and O–H groups in total. The molecule has 0 bridgehead atoms. The van der Waals surface area contributed by atoms with Crippen LogP contribution < -0.4 is 0 Å². The van der Waals surface area contributed by atoms with E-state index in [-0.39, 0.29) is 0 Å². The van der Waals surface area contributed by atoms with E-state index in [2.05, 4.69) is 30.7 Å². The van der Waals surface area contributed by atoms with Crippen molar-refractivity contribution in [1.29, 1.82) is 0 Å². The summed E-state index contributed by atoms with van der Waals surface area (Å²) in [5.41, 5.74) is 0. The maximum Gasteiger partial charge on any atom is -0.0319 e. The van der Waals surface area contributed by atoms with E-state index in [0.29, 0.717) is 0 Å². The Morgan fingerprint density at radius 3 is 2.27 bits per heavy atom. The van der Waals surface area contributed by atoms with E-state index in [9.17, 15) is 0 Å². The van der Waals surface area contributed by atoms with Crippen LogP contribution in [0.15, 0.2) is 24.3 Å². The molecule has 0 atom stereocenters. The van der Waals surface area contributed by atoms with Crippen molar-refractivity contribution in [3.63, 3.8) is 0 Å². The van der Waals surface area contributed by atoms with Crippen LogP contribution in [0.2, 0.25) is 0 Å². The van der Waals surface area contributed by atoms with Gasteiger partial charge in [-0.1, -0.05) is 24.3 Å². The van der Waals surface area contributed by atoms with Crippen molar-refractivity contribution in [1.82, 2.24) is 0 Å². The second kappa shape index (κ2) is 6.21. The molecule has 0 fully saturated rings. The van der Waals surface area contributed by atoms with E-state index in [1.807, 2.05) is 0 Å². The van der Waals surface area contributed by atoms with Crippen LogP contribution in [0.1, 0.15) is 38.5 Å². The van der Waals surface area contributed by atoms with Gasteiger partial charge in [-0.25, -0.2) is 0 Å². The Hall–Kier alpha value is -0.520. The second-order valence-electron chi connectivity index (χ2n) is 2.98. The maximum atomic E-state index is 2.35. The lowest BCUT2D eigenvalue weighted by Crippen LogP contribution is -1.72. The minimum Gasteiger partial charge on any atom is -0.0885 e. The first-order valence-electron chi connectivity index (χ1n) is 4.62. The summed E-state index contributed by atoms with van der Waals surface area (Å²) in [7, 11) is 0. The van der Waals surface area contributed by atoms with Gasteiger partial charge in [0.2, 0.25) is 0 Å². The van der Waals surface area contributed by atoms with Gasteiger partial charge in [0.25, 0.3) is 0 Å². The van der Waals surface area contributed by atoms with Gasteiger partial charge < -0.3 is 0 Å². The summed E-state index contributed by atoms with van der Waals surface area (Å²) >= 11 is 0. The molecule has 0 nitrogen and oxygen atoms in total. The molecule has 0 unspecified atom stereocenters. The summed E-state index contributed by atoms with van der Waals surface area (Å²) in [6, 6.07) is 0. The predicted molar refractivity (Wildman–Crippen MR) is 50.3 cm³/mol. The standard InChI is InChI=1S/C11H17/c1-2-4-6-8-10-11-9-7-5-3-1/h1-2,5,10-11H,3-4,6-9H2/b2-1-,11-10-. The number of hydrogen-bond donors (Lipinski definition) is 0. The van der Waals surface area contributed by atoms with E-state index in [1.54, 1.807) is 0 Å². The summed E-state index contributed by atoms with van der Waals surface area (Å²) < 4.78 is 0. The third-order valence-electron chi connectivity index (χ3n) is 1.92. The van der Waals surface area contributed by atoms with Crippen LogP contribution in [0.5, 0.6) is 0 Å². The van der Waals surface area contributed by atoms with E-state index < -0.39 is 0 Å². The molecule has 11 heavy (non-hydrogen) atoms. The van der Waals surface area contributed by atoms with Crippen LogP contribution in [0.25, 0.3) is 0 Å². The zero-order valence-electron chi connectivity index (χ0n) is 7.13. The monoisotopic (exact) mass is 149 g/mol. The number of allylic oxidation sites excluding steroid dienone is 4. The van der Waals surface area contributed by atoms with Gasteiger partial charge in [0.15, 0.2) is 0 Å². The van der Waals surface area contributed by atoms with Crippen LogP contribution >= 0.6 is 0 Å². The Labute approximate surface area is 70.0 Å². The lowest BCUT2D eigenvalue weighted by atomic mass is 10.2. The van der Waals surface area contributed by atoms with Gasteiger partial charge in [0, 0.05) is 0 Å². The Balaban J connectivity index is 2.22. The molecular formula is C11H17. The SMILES string of the molecule is [CH]1C/C=C\CCC/C=C\CC1. The second-order valence-corrected chi connectivity index (χ2v) is 2.98. The average molecular weight is 149 g/mol. The first kappa shape index (κ1) is 8.58. The normalized spacial score (nSPS) is 26.9. The highest BCUT2D eigenvalue weighted by Gasteiger charge is 1.87. The predicted octanol–water partition coefficient (Wildman–Crippen LogP) is 3.66. The van der Waals surface area contributed by atoms with Crippen LogP contribution in [-0.2, 0) is 0 Å². The lowest BCUT2D eigenvalue weighted by molar-refractivity contribution is 0.864. The molecule has 1 aliphatic rings. The third-order valence-corrected chi connectivity index (χ3v) is 1.92. The van der Waals surface area contributed by atoms with Gasteiger partial charge >= 0.3 is 0 Å². The lowest BCUT2D eigenvalue weighted by Gasteiger charge is -1.90. The van der Waals surface area contributed by atoms with Crippen LogP contribution in [0.4, 0.5) is 0 Å². The fourth-order valence-electron chi connectivity index (χ4n) is 1.23. The number of rotatable bonds is 0. The highest BCUT2D eigenvalue weighted by atomic mass is 13.9. The molecule has 1 rings (SSSR count). The Kier molecular flexibility index (Phi) is 4.84. The molecule has 0 aromatic carbocycles. The molecule has 0 saturated heterocycles. The summed E-state index contributed by atoms with van der Waals surface area (Å²) in [5.74, 6) is 0. The molecule has 0 aliphatic heterocycles. The van der Waals surface area contributed by atoms with Crippen molar-refractivity contribution in [3.05, 3.63) is 30.7 Å². The van der Waals surface area contributed by atoms with Crippen LogP contribution in [0, 0.1) is 6.42 Å². The fraction of sp³-hybridized carbons (Fsp3) is 0.545. The first-order chi connectivity index (χ1) is 5.50. The van der Waals surface area contributed by atoms with E-state index >= 15 is 0 Å². The van der Waals surface area contributed by atoms with Crippen molar-refractivity contribution in [2.45, 2.75) is 38.5 Å². The van der Waals surface area contributed by atoms with Crippen molar-refractivity contribution in [3.8, 4) is 0 Å². The maximum absolute atomic E-state index is 2.35. The van der Waals surface area contributed by atoms with Gasteiger partial charge in [0.05, 0.1) is 0 Å². The summed E-state index contributed by atoms with van der Waals surface area (Å²) in [6.45, 7) is 0. The molecule has 0 aromatic heterocycles. The molecule has 0 spiro atoms. The smallest absolute Gasteiger partial charge is 0.0319 e. The molecular weight excluding hydrogens is 132 g/mol. The Bertz CT molecular complexity index is 115. The van der Waals surface area contributed by atoms with Gasteiger partial charge in [0.1, 0.15) is 0 Å². The third kappa shape index (κ3) is 4.83. The molecule has 0 heterocycles. The van der Waals surface area contributed by atoms with Crippen molar-refractivity contribution in [2.75, 3.05) is 0 Å². The van der Waals surface area contributed by atoms with Gasteiger partial charge in [-0.05, 0) is 44.9 Å². The van der Waals surface area contributed by atoms with Crippen LogP contribution in [0.3, 0.4) is 0 Å². The largest absolute Gasteiger partial charge is 0.0885 e. The fourth-order valence-corrected chi connectivity index (χ4v) is 1.23. The Morgan fingerprint density at radius 2 is 1.36 bits per heavy atom. The highest BCUT2D eigenvalue weighted by Crippen LogP contribution is 2.06. The zero-order valence-corrected chi connectivity index (χ0v) is 7.13. The van der Waals surface area contributed by atoms with E-state index in [1.165, 1.54) is 32.1 Å². The van der Waals surface area contributed by atoms with Crippen molar-refractivity contribution in [2.24, 2.45) is 0 Å². The van der Waals surface area contributed by atoms with Crippen LogP contribution in [-0.4, -0.2) is 0 Å². The topological polar surface area (TPSA) is 0 Å². The minimum atomic E-state index is 1.16. The molecule has 0 saturated carbocycles. The minimum absolute atomic E-state index is 1.16. The number of hydrogen-bond acceptors (Lipinski definition) is 0. The summed E-state index contributed by atoms with van der Waals surface area (Å²) in [5, 5.41) is 0. The molecule has 61 valence electrons. The Morgan fingerprint density at radius 1 is 0.636 bits per heavy atom. The summed E-state index contributed by atoms with van der Waals surface area (Å²) in [6.07, 6.45) is 19.0. The molecule has 1 aliphatic carbocycles. The van der Waals surface area contributed by atoms with Gasteiger partial charge in [-0.3, -0.25) is 0 Å². The van der Waals surface area contributed by atoms with Crippen molar-refractivity contribution < 1.29 is 0 Å². The zero-order chi connectivity index (χ0) is 7.78. The highest BCUT2D eigenvalue weighted by molar-refractivity contribution is 4.91. The van der Waals surface area contributed by atoms with E-state index in [0.717, 1.165) is 6.42 Å². The molecule has 0 heteroatoms. The van der Waals surface area contributed by atoms with Gasteiger partial charge in [-0.2, -0.15) is 0 Å². The van der Waals surface area contributed by atoms with Gasteiger partial charge in [-0.15, -0.1) is 0 Å². The average Bonchev–Trinajstić information content (AvgIpc) is 2.08. The quantitative estimate of drug-likeness (QED) is 0.461.